The Morgan fingerprint density at radius 2 is 1.71 bits per heavy atom. The molecule has 1 atom stereocenters. The van der Waals surface area contributed by atoms with Gasteiger partial charge in [0.25, 0.3) is 11.8 Å². The molecule has 1 aliphatic heterocycles. The van der Waals surface area contributed by atoms with Gasteiger partial charge in [-0.05, 0) is 67.6 Å². The maximum atomic E-state index is 13.4. The fourth-order valence-electron chi connectivity index (χ4n) is 5.37. The number of amides is 2. The van der Waals surface area contributed by atoms with Crippen LogP contribution in [0, 0.1) is 6.92 Å². The fourth-order valence-corrected chi connectivity index (χ4v) is 6.76. The predicted octanol–water partition coefficient (Wildman–Crippen LogP) is 4.14. The molecule has 1 unspecified atom stereocenters. The van der Waals surface area contributed by atoms with E-state index in [0.717, 1.165) is 37.7 Å². The Bertz CT molecular complexity index is 1510. The third-order valence-electron chi connectivity index (χ3n) is 7.66. The minimum Gasteiger partial charge on any atom is -0.483 e. The van der Waals surface area contributed by atoms with Crippen molar-refractivity contribution >= 4 is 27.5 Å². The van der Waals surface area contributed by atoms with Crippen molar-refractivity contribution in [2.45, 2.75) is 62.5 Å². The quantitative estimate of drug-likeness (QED) is 0.367. The molecule has 2 amide bonds. The van der Waals surface area contributed by atoms with E-state index in [9.17, 15) is 18.0 Å². The van der Waals surface area contributed by atoms with Gasteiger partial charge in [-0.3, -0.25) is 9.59 Å². The monoisotopic (exact) mass is 591 g/mol. The molecule has 2 N–H and O–H groups in total. The molecule has 0 aromatic heterocycles. The standard InChI is InChI=1S/C32H37N3O6S/c1-23-20-26(42(38,39)34-25-12-6-3-7-13-25)16-17-28(23)40-22-31(36)35-21-30(41-29-15-9-8-14-27(29)35)32(37)33-19-18-24-10-4-2-5-11-24/h2,4-5,8-11,14-17,20,25,30,34H,3,6-7,12-13,18-19,21-22H2,1H3,(H,33,37). The second-order valence-electron chi connectivity index (χ2n) is 10.8. The Kier molecular flexibility index (Phi) is 9.44. The van der Waals surface area contributed by atoms with E-state index in [1.165, 1.54) is 11.0 Å². The number of hydrogen-bond donors (Lipinski definition) is 2. The van der Waals surface area contributed by atoms with E-state index >= 15 is 0 Å². The van der Waals surface area contributed by atoms with Gasteiger partial charge in [-0.25, -0.2) is 13.1 Å². The summed E-state index contributed by atoms with van der Waals surface area (Å²) >= 11 is 0. The SMILES string of the molecule is Cc1cc(S(=O)(=O)NC2CCCCC2)ccc1OCC(=O)N1CC(C(=O)NCCc2ccccc2)Oc2ccccc21. The van der Waals surface area contributed by atoms with Gasteiger partial charge >= 0.3 is 0 Å². The van der Waals surface area contributed by atoms with Crippen molar-refractivity contribution in [2.75, 3.05) is 24.6 Å². The number of para-hydroxylation sites is 2. The van der Waals surface area contributed by atoms with Crippen LogP contribution in [0.3, 0.4) is 0 Å². The zero-order chi connectivity index (χ0) is 29.5. The fraction of sp³-hybridized carbons (Fsp3) is 0.375. The molecule has 42 heavy (non-hydrogen) atoms. The molecule has 9 nitrogen and oxygen atoms in total. The molecule has 5 rings (SSSR count). The first-order chi connectivity index (χ1) is 20.3. The molecule has 0 radical (unpaired) electrons. The van der Waals surface area contributed by atoms with Crippen LogP contribution in [-0.2, 0) is 26.0 Å². The number of nitrogens with one attached hydrogen (secondary N) is 2. The molecular formula is C32H37N3O6S. The van der Waals surface area contributed by atoms with Crippen LogP contribution in [-0.4, -0.2) is 52.1 Å². The Morgan fingerprint density at radius 3 is 2.48 bits per heavy atom. The molecule has 3 aromatic carbocycles. The Balaban J connectivity index is 1.21. The van der Waals surface area contributed by atoms with Crippen molar-refractivity contribution in [1.82, 2.24) is 10.0 Å². The minimum absolute atomic E-state index is 0.0382. The molecule has 1 heterocycles. The van der Waals surface area contributed by atoms with Crippen LogP contribution >= 0.6 is 0 Å². The van der Waals surface area contributed by atoms with Gasteiger partial charge in [-0.15, -0.1) is 0 Å². The van der Waals surface area contributed by atoms with Crippen LogP contribution in [0.4, 0.5) is 5.69 Å². The molecular weight excluding hydrogens is 554 g/mol. The Labute approximate surface area is 247 Å². The van der Waals surface area contributed by atoms with E-state index in [4.69, 9.17) is 9.47 Å². The number of hydrogen-bond acceptors (Lipinski definition) is 6. The zero-order valence-corrected chi connectivity index (χ0v) is 24.6. The van der Waals surface area contributed by atoms with E-state index < -0.39 is 16.1 Å². The van der Waals surface area contributed by atoms with Gasteiger partial charge in [0.1, 0.15) is 11.5 Å². The number of rotatable bonds is 10. The molecule has 0 bridgehead atoms. The van der Waals surface area contributed by atoms with Crippen molar-refractivity contribution in [1.29, 1.82) is 0 Å². The number of benzene rings is 3. The van der Waals surface area contributed by atoms with Gasteiger partial charge in [0, 0.05) is 12.6 Å². The van der Waals surface area contributed by atoms with Gasteiger partial charge in [-0.2, -0.15) is 0 Å². The molecule has 2 aliphatic rings. The van der Waals surface area contributed by atoms with Crippen molar-refractivity contribution in [3.63, 3.8) is 0 Å². The lowest BCUT2D eigenvalue weighted by Crippen LogP contribution is -2.52. The number of aryl methyl sites for hydroxylation is 1. The minimum atomic E-state index is -3.65. The largest absolute Gasteiger partial charge is 0.483 e. The van der Waals surface area contributed by atoms with E-state index in [1.54, 1.807) is 43.3 Å². The van der Waals surface area contributed by atoms with Crippen LogP contribution in [0.2, 0.25) is 0 Å². The van der Waals surface area contributed by atoms with Crippen molar-refractivity contribution in [2.24, 2.45) is 0 Å². The highest BCUT2D eigenvalue weighted by Crippen LogP contribution is 2.33. The van der Waals surface area contributed by atoms with Gasteiger partial charge in [0.15, 0.2) is 12.7 Å². The normalized spacial score (nSPS) is 17.2. The highest BCUT2D eigenvalue weighted by atomic mass is 32.2. The molecule has 0 saturated heterocycles. The summed E-state index contributed by atoms with van der Waals surface area (Å²) in [5.41, 5.74) is 2.28. The van der Waals surface area contributed by atoms with E-state index in [0.29, 0.717) is 35.7 Å². The predicted molar refractivity (Wildman–Crippen MR) is 160 cm³/mol. The second kappa shape index (κ2) is 13.4. The third kappa shape index (κ3) is 7.30. The lowest BCUT2D eigenvalue weighted by atomic mass is 9.96. The summed E-state index contributed by atoms with van der Waals surface area (Å²) in [5, 5.41) is 2.91. The number of anilines is 1. The van der Waals surface area contributed by atoms with Crippen molar-refractivity contribution < 1.29 is 27.5 Å². The van der Waals surface area contributed by atoms with Gasteiger partial charge < -0.3 is 19.7 Å². The van der Waals surface area contributed by atoms with Crippen LogP contribution in [0.5, 0.6) is 11.5 Å². The van der Waals surface area contributed by atoms with E-state index in [-0.39, 0.29) is 35.9 Å². The average molecular weight is 592 g/mol. The van der Waals surface area contributed by atoms with Crippen molar-refractivity contribution in [3.05, 3.63) is 83.9 Å². The van der Waals surface area contributed by atoms with E-state index in [2.05, 4.69) is 10.0 Å². The molecule has 10 heteroatoms. The van der Waals surface area contributed by atoms with Crippen LogP contribution < -0.4 is 24.4 Å². The molecule has 1 fully saturated rings. The first-order valence-electron chi connectivity index (χ1n) is 14.4. The average Bonchev–Trinajstić information content (AvgIpc) is 3.00. The highest BCUT2D eigenvalue weighted by Gasteiger charge is 2.34. The van der Waals surface area contributed by atoms with Crippen LogP contribution in [0.25, 0.3) is 0 Å². The Morgan fingerprint density at radius 1 is 0.976 bits per heavy atom. The number of sulfonamides is 1. The van der Waals surface area contributed by atoms with Gasteiger partial charge in [-0.1, -0.05) is 61.7 Å². The van der Waals surface area contributed by atoms with Crippen molar-refractivity contribution in [3.8, 4) is 11.5 Å². The van der Waals surface area contributed by atoms with Crippen LogP contribution in [0.1, 0.15) is 43.2 Å². The first-order valence-corrected chi connectivity index (χ1v) is 15.9. The number of carbonyl (C=O) groups excluding carboxylic acids is 2. The maximum Gasteiger partial charge on any atom is 0.265 e. The molecule has 0 spiro atoms. The summed E-state index contributed by atoms with van der Waals surface area (Å²) in [7, 11) is -3.65. The summed E-state index contributed by atoms with van der Waals surface area (Å²) in [6, 6.07) is 21.5. The van der Waals surface area contributed by atoms with Crippen LogP contribution in [0.15, 0.2) is 77.7 Å². The smallest absolute Gasteiger partial charge is 0.265 e. The lowest BCUT2D eigenvalue weighted by Gasteiger charge is -2.34. The number of carbonyl (C=O) groups is 2. The second-order valence-corrected chi connectivity index (χ2v) is 12.5. The molecule has 1 aliphatic carbocycles. The summed E-state index contributed by atoms with van der Waals surface area (Å²) in [6.45, 7) is 1.95. The van der Waals surface area contributed by atoms with Gasteiger partial charge in [0.05, 0.1) is 17.1 Å². The highest BCUT2D eigenvalue weighted by molar-refractivity contribution is 7.89. The number of nitrogens with zero attached hydrogens (tertiary/aromatic N) is 1. The topological polar surface area (TPSA) is 114 Å². The summed E-state index contributed by atoms with van der Waals surface area (Å²) in [4.78, 5) is 28.0. The molecule has 3 aromatic rings. The van der Waals surface area contributed by atoms with E-state index in [1.807, 2.05) is 30.3 Å². The first kappa shape index (κ1) is 29.6. The maximum absolute atomic E-state index is 13.4. The molecule has 222 valence electrons. The lowest BCUT2D eigenvalue weighted by molar-refractivity contribution is -0.128. The Hall–Kier alpha value is -3.89. The number of fused-ring (bicyclic) bond motifs is 1. The summed E-state index contributed by atoms with van der Waals surface area (Å²) in [5.74, 6) is 0.213. The summed E-state index contributed by atoms with van der Waals surface area (Å²) in [6.07, 6.45) is 4.71. The van der Waals surface area contributed by atoms with Gasteiger partial charge in [0.2, 0.25) is 10.0 Å². The summed E-state index contributed by atoms with van der Waals surface area (Å²) < 4.78 is 40.5. The zero-order valence-electron chi connectivity index (χ0n) is 23.8. The number of ether oxygens (including phenoxy) is 2. The third-order valence-corrected chi connectivity index (χ3v) is 9.18. The molecule has 1 saturated carbocycles.